The number of fused-ring (bicyclic) bond motifs is 1. The topological polar surface area (TPSA) is 92.7 Å². The Morgan fingerprint density at radius 2 is 2.04 bits per heavy atom. The number of aliphatic carboxylic acids is 1. The minimum Gasteiger partial charge on any atom is -0.487 e. The van der Waals surface area contributed by atoms with Gasteiger partial charge in [0.2, 0.25) is 10.0 Å². The molecule has 2 rings (SSSR count). The van der Waals surface area contributed by atoms with E-state index in [1.165, 1.54) is 0 Å². The molecule has 6 nitrogen and oxygen atoms in total. The summed E-state index contributed by atoms with van der Waals surface area (Å²) in [6.45, 7) is 5.60. The van der Waals surface area contributed by atoms with Crippen LogP contribution in [0, 0.1) is 6.92 Å². The molecule has 0 radical (unpaired) electrons. The second-order valence-electron chi connectivity index (χ2n) is 6.76. The molecule has 140 valence electrons. The highest BCUT2D eigenvalue weighted by Crippen LogP contribution is 2.45. The number of hydrogen-bond donors (Lipinski definition) is 2. The number of carbonyl (C=O) groups is 1. The predicted octanol–water partition coefficient (Wildman–Crippen LogP) is 2.81. The zero-order chi connectivity index (χ0) is 18.7. The molecule has 0 aliphatic carbocycles. The lowest BCUT2D eigenvalue weighted by atomic mass is 9.78. The highest BCUT2D eigenvalue weighted by molar-refractivity contribution is 7.89. The minimum atomic E-state index is -3.61. The Bertz CT molecular complexity index is 725. The molecule has 1 aromatic rings. The molecule has 1 aliphatic rings. The van der Waals surface area contributed by atoms with E-state index in [-0.39, 0.29) is 17.3 Å². The van der Waals surface area contributed by atoms with Crippen LogP contribution in [0.2, 0.25) is 0 Å². The summed E-state index contributed by atoms with van der Waals surface area (Å²) < 4.78 is 32.5. The average molecular weight is 369 g/mol. The van der Waals surface area contributed by atoms with Crippen molar-refractivity contribution in [2.75, 3.05) is 12.3 Å². The Morgan fingerprint density at radius 3 is 2.64 bits per heavy atom. The number of aryl methyl sites for hydroxylation is 1. The number of sulfonamides is 1. The highest BCUT2D eigenvalue weighted by atomic mass is 32.2. The Kier molecular flexibility index (Phi) is 6.11. The predicted molar refractivity (Wildman–Crippen MR) is 96.5 cm³/mol. The Balaban J connectivity index is 2.21. The number of carboxylic acids is 1. The van der Waals surface area contributed by atoms with Crippen LogP contribution in [0.5, 0.6) is 5.75 Å². The van der Waals surface area contributed by atoms with E-state index in [9.17, 15) is 13.2 Å². The molecule has 7 heteroatoms. The molecule has 1 heterocycles. The lowest BCUT2D eigenvalue weighted by Crippen LogP contribution is -2.40. The molecule has 1 atom stereocenters. The van der Waals surface area contributed by atoms with Gasteiger partial charge in [0.05, 0.1) is 5.75 Å². The van der Waals surface area contributed by atoms with Gasteiger partial charge in [-0.05, 0) is 50.2 Å². The molecule has 1 unspecified atom stereocenters. The Labute approximate surface area is 149 Å². The third-order valence-electron chi connectivity index (χ3n) is 5.02. The number of benzene rings is 1. The summed E-state index contributed by atoms with van der Waals surface area (Å²) >= 11 is 0. The first-order valence-electron chi connectivity index (χ1n) is 8.69. The number of carboxylic acid groups (broad SMARTS) is 1. The molecule has 25 heavy (non-hydrogen) atoms. The normalized spacial score (nSPS) is 19.1. The molecule has 0 fully saturated rings. The van der Waals surface area contributed by atoms with E-state index >= 15 is 0 Å². The summed E-state index contributed by atoms with van der Waals surface area (Å²) in [7, 11) is -3.61. The van der Waals surface area contributed by atoms with Crippen molar-refractivity contribution >= 4 is 16.0 Å². The number of nitrogens with one attached hydrogen (secondary N) is 1. The summed E-state index contributed by atoms with van der Waals surface area (Å²) in [5.41, 5.74) is 1.89. The molecule has 0 spiro atoms. The summed E-state index contributed by atoms with van der Waals surface area (Å²) in [6, 6.07) is 6.03. The second-order valence-corrected chi connectivity index (χ2v) is 8.68. The Morgan fingerprint density at radius 1 is 1.36 bits per heavy atom. The average Bonchev–Trinajstić information content (AvgIpc) is 2.58. The van der Waals surface area contributed by atoms with Gasteiger partial charge >= 0.3 is 5.97 Å². The van der Waals surface area contributed by atoms with Crippen LogP contribution < -0.4 is 9.46 Å². The fraction of sp³-hybridized carbons (Fsp3) is 0.611. The van der Waals surface area contributed by atoms with Gasteiger partial charge in [-0.1, -0.05) is 31.5 Å². The van der Waals surface area contributed by atoms with Crippen LogP contribution in [0.25, 0.3) is 0 Å². The van der Waals surface area contributed by atoms with E-state index in [2.05, 4.69) is 24.6 Å². The van der Waals surface area contributed by atoms with E-state index in [1.807, 2.05) is 19.1 Å². The zero-order valence-corrected chi connectivity index (χ0v) is 15.9. The summed E-state index contributed by atoms with van der Waals surface area (Å²) in [5.74, 6) is -0.375. The first-order valence-corrected chi connectivity index (χ1v) is 10.3. The third kappa shape index (κ3) is 4.95. The molecule has 0 aromatic heterocycles. The molecule has 1 aromatic carbocycles. The van der Waals surface area contributed by atoms with Crippen LogP contribution >= 0.6 is 0 Å². The smallest absolute Gasteiger partial charge is 0.318 e. The molecular formula is C18H27NO5S. The lowest BCUT2D eigenvalue weighted by molar-refractivity contribution is -0.135. The number of hydrogen-bond acceptors (Lipinski definition) is 4. The molecule has 2 N–H and O–H groups in total. The standard InChI is InChI=1S/C18H27NO5S/c1-4-18(5-2)11-14(8-9-25(22,23)19-12-17(20)21)15-10-13(3)6-7-16(15)24-18/h6-7,10,14,19H,4-5,8-9,11-12H2,1-3H3,(H,20,21). The van der Waals surface area contributed by atoms with Crippen LogP contribution in [-0.4, -0.2) is 37.4 Å². The van der Waals surface area contributed by atoms with Crippen molar-refractivity contribution in [1.82, 2.24) is 4.72 Å². The van der Waals surface area contributed by atoms with Crippen LogP contribution in [0.4, 0.5) is 0 Å². The van der Waals surface area contributed by atoms with Gasteiger partial charge < -0.3 is 9.84 Å². The van der Waals surface area contributed by atoms with E-state index in [0.29, 0.717) is 6.42 Å². The maximum Gasteiger partial charge on any atom is 0.318 e. The zero-order valence-electron chi connectivity index (χ0n) is 15.0. The molecule has 0 amide bonds. The molecular weight excluding hydrogens is 342 g/mol. The maximum absolute atomic E-state index is 12.1. The van der Waals surface area contributed by atoms with Crippen molar-refractivity contribution < 1.29 is 23.1 Å². The van der Waals surface area contributed by atoms with Gasteiger partial charge in [-0.2, -0.15) is 0 Å². The fourth-order valence-corrected chi connectivity index (χ4v) is 4.48. The molecule has 0 bridgehead atoms. The van der Waals surface area contributed by atoms with Gasteiger partial charge in [0.25, 0.3) is 0 Å². The third-order valence-corrected chi connectivity index (χ3v) is 6.37. The van der Waals surface area contributed by atoms with Gasteiger partial charge in [-0.15, -0.1) is 0 Å². The van der Waals surface area contributed by atoms with Crippen LogP contribution in [0.1, 0.15) is 56.6 Å². The highest BCUT2D eigenvalue weighted by Gasteiger charge is 2.38. The Hall–Kier alpha value is -1.60. The first-order chi connectivity index (χ1) is 11.7. The van der Waals surface area contributed by atoms with E-state index in [0.717, 1.165) is 36.1 Å². The van der Waals surface area contributed by atoms with Gasteiger partial charge in [0, 0.05) is 0 Å². The summed E-state index contributed by atoms with van der Waals surface area (Å²) in [5, 5.41) is 8.64. The van der Waals surface area contributed by atoms with Crippen LogP contribution in [0.3, 0.4) is 0 Å². The quantitative estimate of drug-likeness (QED) is 0.735. The molecule has 1 aliphatic heterocycles. The van der Waals surface area contributed by atoms with Gasteiger partial charge in [0.15, 0.2) is 0 Å². The first kappa shape index (κ1) is 19.7. The van der Waals surface area contributed by atoms with E-state index in [1.54, 1.807) is 0 Å². The lowest BCUT2D eigenvalue weighted by Gasteiger charge is -2.41. The fourth-order valence-electron chi connectivity index (χ4n) is 3.40. The molecule has 0 saturated heterocycles. The van der Waals surface area contributed by atoms with Crippen molar-refractivity contribution in [3.63, 3.8) is 0 Å². The van der Waals surface area contributed by atoms with Crippen molar-refractivity contribution in [3.8, 4) is 5.75 Å². The van der Waals surface area contributed by atoms with Gasteiger partial charge in [-0.3, -0.25) is 4.79 Å². The second kappa shape index (κ2) is 7.74. The number of rotatable bonds is 8. The largest absolute Gasteiger partial charge is 0.487 e. The molecule has 0 saturated carbocycles. The monoisotopic (exact) mass is 369 g/mol. The summed E-state index contributed by atoms with van der Waals surface area (Å²) in [6.07, 6.45) is 2.93. The van der Waals surface area contributed by atoms with E-state index in [4.69, 9.17) is 9.84 Å². The van der Waals surface area contributed by atoms with Gasteiger partial charge in [-0.25, -0.2) is 13.1 Å². The van der Waals surface area contributed by atoms with Crippen molar-refractivity contribution in [1.29, 1.82) is 0 Å². The number of ether oxygens (including phenoxy) is 1. The van der Waals surface area contributed by atoms with Crippen LogP contribution in [-0.2, 0) is 14.8 Å². The van der Waals surface area contributed by atoms with Gasteiger partial charge in [0.1, 0.15) is 17.9 Å². The summed E-state index contributed by atoms with van der Waals surface area (Å²) in [4.78, 5) is 10.6. The van der Waals surface area contributed by atoms with Crippen molar-refractivity contribution in [2.45, 2.75) is 58.0 Å². The SMILES string of the molecule is CCC1(CC)CC(CCS(=O)(=O)NCC(=O)O)c2cc(C)ccc2O1. The van der Waals surface area contributed by atoms with Crippen molar-refractivity contribution in [3.05, 3.63) is 29.3 Å². The maximum atomic E-state index is 12.1. The van der Waals surface area contributed by atoms with Crippen LogP contribution in [0.15, 0.2) is 18.2 Å². The van der Waals surface area contributed by atoms with E-state index < -0.39 is 22.5 Å². The minimum absolute atomic E-state index is 0.0740. The van der Waals surface area contributed by atoms with Crippen molar-refractivity contribution in [2.24, 2.45) is 0 Å².